The molecule has 1 fully saturated rings. The topological polar surface area (TPSA) is 75.7 Å². The number of carbonyl (C=O) groups excluding carboxylic acids is 3. The van der Waals surface area contributed by atoms with Gasteiger partial charge in [-0.05, 0) is 30.2 Å². The minimum atomic E-state index is -0.497. The summed E-state index contributed by atoms with van der Waals surface area (Å²) in [6.07, 6.45) is 1.40. The fourth-order valence-corrected chi connectivity index (χ4v) is 3.17. The second-order valence-corrected chi connectivity index (χ2v) is 6.42. The van der Waals surface area contributed by atoms with Crippen LogP contribution in [0.4, 0.5) is 5.69 Å². The number of esters is 1. The van der Waals surface area contributed by atoms with Crippen molar-refractivity contribution >= 4 is 23.5 Å². The number of ether oxygens (including phenoxy) is 1. The predicted molar refractivity (Wildman–Crippen MR) is 101 cm³/mol. The Morgan fingerprint density at radius 1 is 1.15 bits per heavy atom. The molecule has 140 valence electrons. The van der Waals surface area contributed by atoms with Gasteiger partial charge in [0.1, 0.15) is 0 Å². The van der Waals surface area contributed by atoms with Gasteiger partial charge in [0.25, 0.3) is 5.91 Å². The quantitative estimate of drug-likeness (QED) is 0.798. The fraction of sp³-hybridized carbons (Fsp3) is 0.286. The summed E-state index contributed by atoms with van der Waals surface area (Å²) in [5.41, 5.74) is 1.98. The van der Waals surface area contributed by atoms with E-state index in [-0.39, 0.29) is 18.2 Å². The van der Waals surface area contributed by atoms with Crippen LogP contribution in [0, 0.1) is 0 Å². The number of hydrogen-bond acceptors (Lipinski definition) is 4. The van der Waals surface area contributed by atoms with Crippen LogP contribution in [0.15, 0.2) is 54.6 Å². The highest BCUT2D eigenvalue weighted by molar-refractivity contribution is 5.99. The predicted octanol–water partition coefficient (Wildman–Crippen LogP) is 2.85. The van der Waals surface area contributed by atoms with E-state index in [2.05, 4.69) is 5.32 Å². The molecule has 27 heavy (non-hydrogen) atoms. The van der Waals surface area contributed by atoms with Gasteiger partial charge in [-0.3, -0.25) is 14.4 Å². The highest BCUT2D eigenvalue weighted by atomic mass is 16.5. The molecule has 1 aliphatic rings. The fourth-order valence-electron chi connectivity index (χ4n) is 3.17. The highest BCUT2D eigenvalue weighted by Crippen LogP contribution is 2.23. The molecule has 0 unspecified atom stereocenters. The van der Waals surface area contributed by atoms with E-state index in [9.17, 15) is 14.4 Å². The zero-order chi connectivity index (χ0) is 19.2. The molecule has 3 rings (SSSR count). The van der Waals surface area contributed by atoms with Crippen LogP contribution in [0.25, 0.3) is 0 Å². The molecule has 6 nitrogen and oxygen atoms in total. The third kappa shape index (κ3) is 4.53. The van der Waals surface area contributed by atoms with Crippen molar-refractivity contribution in [3.63, 3.8) is 0 Å². The smallest absolute Gasteiger partial charge is 0.307 e. The molecule has 1 aliphatic heterocycles. The van der Waals surface area contributed by atoms with E-state index in [1.165, 1.54) is 7.11 Å². The number of carbonyl (C=O) groups is 3. The highest BCUT2D eigenvalue weighted by Gasteiger charge is 2.23. The Labute approximate surface area is 158 Å². The lowest BCUT2D eigenvalue weighted by atomic mass is 10.0. The Hall–Kier alpha value is -3.15. The van der Waals surface area contributed by atoms with Crippen molar-refractivity contribution in [1.82, 2.24) is 5.32 Å². The van der Waals surface area contributed by atoms with Gasteiger partial charge in [0.2, 0.25) is 5.91 Å². The van der Waals surface area contributed by atoms with Gasteiger partial charge in [0.05, 0.1) is 19.6 Å². The number of hydrogen-bond donors (Lipinski definition) is 1. The number of nitrogens with one attached hydrogen (secondary N) is 1. The van der Waals surface area contributed by atoms with Crippen LogP contribution in [-0.2, 0) is 14.3 Å². The van der Waals surface area contributed by atoms with Gasteiger partial charge in [-0.2, -0.15) is 0 Å². The van der Waals surface area contributed by atoms with Gasteiger partial charge >= 0.3 is 5.97 Å². The molecule has 0 bridgehead atoms. The lowest BCUT2D eigenvalue weighted by Gasteiger charge is -2.20. The number of benzene rings is 2. The van der Waals surface area contributed by atoms with Gasteiger partial charge in [-0.25, -0.2) is 0 Å². The van der Waals surface area contributed by atoms with Gasteiger partial charge in [-0.1, -0.05) is 36.4 Å². The van der Waals surface area contributed by atoms with Crippen molar-refractivity contribution in [2.24, 2.45) is 0 Å². The van der Waals surface area contributed by atoms with Gasteiger partial charge in [-0.15, -0.1) is 0 Å². The number of anilines is 1. The molecule has 0 aromatic heterocycles. The third-order valence-electron chi connectivity index (χ3n) is 4.60. The van der Waals surface area contributed by atoms with E-state index >= 15 is 0 Å². The Bertz CT molecular complexity index is 835. The van der Waals surface area contributed by atoms with Crippen molar-refractivity contribution in [3.05, 3.63) is 65.7 Å². The second kappa shape index (κ2) is 8.49. The summed E-state index contributed by atoms with van der Waals surface area (Å²) < 4.78 is 4.75. The largest absolute Gasteiger partial charge is 0.469 e. The summed E-state index contributed by atoms with van der Waals surface area (Å²) >= 11 is 0. The molecule has 2 aromatic rings. The zero-order valence-corrected chi connectivity index (χ0v) is 15.2. The van der Waals surface area contributed by atoms with Crippen LogP contribution in [0.1, 0.15) is 41.2 Å². The van der Waals surface area contributed by atoms with Crippen molar-refractivity contribution < 1.29 is 19.1 Å². The molecule has 2 aromatic carbocycles. The van der Waals surface area contributed by atoms with Crippen molar-refractivity contribution in [2.75, 3.05) is 18.6 Å². The average molecular weight is 366 g/mol. The molecule has 1 heterocycles. The van der Waals surface area contributed by atoms with Gasteiger partial charge < -0.3 is 15.0 Å². The SMILES string of the molecule is COC(=O)C[C@H](NC(=O)c1cccc(N2CCCC2=O)c1)c1ccccc1. The van der Waals surface area contributed by atoms with Crippen LogP contribution >= 0.6 is 0 Å². The monoisotopic (exact) mass is 366 g/mol. The minimum absolute atomic E-state index is 0.0382. The van der Waals surface area contributed by atoms with E-state index in [0.717, 1.165) is 17.7 Å². The van der Waals surface area contributed by atoms with Crippen molar-refractivity contribution in [3.8, 4) is 0 Å². The van der Waals surface area contributed by atoms with E-state index in [4.69, 9.17) is 4.74 Å². The van der Waals surface area contributed by atoms with Crippen LogP contribution in [0.5, 0.6) is 0 Å². The summed E-state index contributed by atoms with van der Waals surface area (Å²) in [4.78, 5) is 38.2. The standard InChI is InChI=1S/C21H22N2O4/c1-27-20(25)14-18(15-7-3-2-4-8-15)22-21(26)16-9-5-10-17(13-16)23-12-6-11-19(23)24/h2-5,7-10,13,18H,6,11-12,14H2,1H3,(H,22,26)/t18-/m0/s1. The Kier molecular flexibility index (Phi) is 5.86. The maximum Gasteiger partial charge on any atom is 0.307 e. The summed E-state index contributed by atoms with van der Waals surface area (Å²) in [5.74, 6) is -0.637. The van der Waals surface area contributed by atoms with E-state index in [0.29, 0.717) is 18.5 Å². The number of nitrogens with zero attached hydrogens (tertiary/aromatic N) is 1. The molecule has 0 radical (unpaired) electrons. The molecule has 0 saturated carbocycles. The Morgan fingerprint density at radius 2 is 1.93 bits per heavy atom. The maximum absolute atomic E-state index is 12.8. The third-order valence-corrected chi connectivity index (χ3v) is 4.60. The number of amides is 2. The number of rotatable bonds is 6. The van der Waals surface area contributed by atoms with Crippen molar-refractivity contribution in [1.29, 1.82) is 0 Å². The van der Waals surface area contributed by atoms with Crippen molar-refractivity contribution in [2.45, 2.75) is 25.3 Å². The van der Waals surface area contributed by atoms with Crippen LogP contribution < -0.4 is 10.2 Å². The molecular formula is C21H22N2O4. The van der Waals surface area contributed by atoms with E-state index in [1.807, 2.05) is 36.4 Å². The van der Waals surface area contributed by atoms with E-state index in [1.54, 1.807) is 23.1 Å². The molecule has 2 amide bonds. The van der Waals surface area contributed by atoms with Crippen LogP contribution in [0.2, 0.25) is 0 Å². The number of methoxy groups -OCH3 is 1. The normalized spacial score (nSPS) is 14.7. The Balaban J connectivity index is 1.79. The summed E-state index contributed by atoms with van der Waals surface area (Å²) in [6.45, 7) is 0.666. The molecule has 1 N–H and O–H groups in total. The summed E-state index contributed by atoms with van der Waals surface area (Å²) in [6, 6.07) is 15.8. The first-order valence-electron chi connectivity index (χ1n) is 8.91. The van der Waals surface area contributed by atoms with E-state index < -0.39 is 12.0 Å². The Morgan fingerprint density at radius 3 is 2.59 bits per heavy atom. The maximum atomic E-state index is 12.8. The molecule has 1 saturated heterocycles. The lowest BCUT2D eigenvalue weighted by molar-refractivity contribution is -0.141. The minimum Gasteiger partial charge on any atom is -0.469 e. The second-order valence-electron chi connectivity index (χ2n) is 6.42. The average Bonchev–Trinajstić information content (AvgIpc) is 3.14. The summed E-state index contributed by atoms with van der Waals surface area (Å²) in [7, 11) is 1.32. The molecular weight excluding hydrogens is 344 g/mol. The first-order valence-corrected chi connectivity index (χ1v) is 8.91. The molecule has 0 spiro atoms. The van der Waals surface area contributed by atoms with Crippen LogP contribution in [0.3, 0.4) is 0 Å². The molecule has 0 aliphatic carbocycles. The molecule has 6 heteroatoms. The van der Waals surface area contributed by atoms with Crippen LogP contribution in [-0.4, -0.2) is 31.4 Å². The first kappa shape index (κ1) is 18.6. The lowest BCUT2D eigenvalue weighted by Crippen LogP contribution is -2.31. The summed E-state index contributed by atoms with van der Waals surface area (Å²) in [5, 5.41) is 2.90. The van der Waals surface area contributed by atoms with Gasteiger partial charge in [0.15, 0.2) is 0 Å². The van der Waals surface area contributed by atoms with Gasteiger partial charge in [0, 0.05) is 24.2 Å². The zero-order valence-electron chi connectivity index (χ0n) is 15.2. The molecule has 1 atom stereocenters. The first-order chi connectivity index (χ1) is 13.1.